The average molecular weight is 314 g/mol. The van der Waals surface area contributed by atoms with E-state index in [0.29, 0.717) is 17.7 Å². The fraction of sp³-hybridized carbons (Fsp3) is 0.438. The molecule has 0 aliphatic rings. The Bertz CT molecular complexity index is 529. The molecule has 1 atom stereocenters. The van der Waals surface area contributed by atoms with Crippen LogP contribution in [0.3, 0.4) is 0 Å². The van der Waals surface area contributed by atoms with Gasteiger partial charge in [0.25, 0.3) is 0 Å². The summed E-state index contributed by atoms with van der Waals surface area (Å²) in [6, 6.07) is 2.07. The minimum atomic E-state index is -0.996. The summed E-state index contributed by atoms with van der Waals surface area (Å²) in [4.78, 5) is 11.3. The van der Waals surface area contributed by atoms with Crippen LogP contribution >= 0.6 is 0 Å². The number of hydrogen-bond donors (Lipinski definition) is 0. The van der Waals surface area contributed by atoms with Gasteiger partial charge >= 0.3 is 5.97 Å². The maximum absolute atomic E-state index is 13.4. The van der Waals surface area contributed by atoms with Gasteiger partial charge in [-0.15, -0.1) is 0 Å². The second-order valence-corrected chi connectivity index (χ2v) is 4.40. The van der Waals surface area contributed by atoms with Crippen molar-refractivity contribution < 1.29 is 27.8 Å². The molecule has 0 bridgehead atoms. The van der Waals surface area contributed by atoms with Crippen molar-refractivity contribution in [1.29, 1.82) is 0 Å². The molecule has 0 saturated heterocycles. The van der Waals surface area contributed by atoms with Gasteiger partial charge < -0.3 is 14.2 Å². The number of halogens is 2. The molecule has 0 aliphatic carbocycles. The van der Waals surface area contributed by atoms with E-state index >= 15 is 0 Å². The highest BCUT2D eigenvalue weighted by Gasteiger charge is 2.15. The lowest BCUT2D eigenvalue weighted by molar-refractivity contribution is -0.137. The number of benzene rings is 1. The third kappa shape index (κ3) is 5.54. The van der Waals surface area contributed by atoms with Crippen LogP contribution in [0.15, 0.2) is 18.2 Å². The van der Waals surface area contributed by atoms with Crippen molar-refractivity contribution >= 4 is 12.0 Å². The molecule has 6 heteroatoms. The number of ether oxygens (including phenoxy) is 3. The molecule has 22 heavy (non-hydrogen) atoms. The Labute approximate surface area is 128 Å². The van der Waals surface area contributed by atoms with Gasteiger partial charge in [0.05, 0.1) is 12.7 Å². The maximum atomic E-state index is 13.4. The summed E-state index contributed by atoms with van der Waals surface area (Å²) in [6.07, 6.45) is 2.01. The average Bonchev–Trinajstić information content (AvgIpc) is 2.48. The van der Waals surface area contributed by atoms with Gasteiger partial charge in [-0.05, 0) is 50.1 Å². The van der Waals surface area contributed by atoms with Gasteiger partial charge in [0.15, 0.2) is 11.6 Å². The number of hydrogen-bond acceptors (Lipinski definition) is 4. The van der Waals surface area contributed by atoms with E-state index in [1.54, 1.807) is 13.8 Å². The third-order valence-corrected chi connectivity index (χ3v) is 2.85. The predicted molar refractivity (Wildman–Crippen MR) is 78.0 cm³/mol. The number of rotatable bonds is 8. The molecule has 0 fully saturated rings. The van der Waals surface area contributed by atoms with Gasteiger partial charge in [0.2, 0.25) is 0 Å². The summed E-state index contributed by atoms with van der Waals surface area (Å²) in [5.74, 6) is -2.53. The molecule has 4 nitrogen and oxygen atoms in total. The van der Waals surface area contributed by atoms with Crippen LogP contribution in [0.25, 0.3) is 6.08 Å². The van der Waals surface area contributed by atoms with Crippen molar-refractivity contribution in [2.75, 3.05) is 20.0 Å². The smallest absolute Gasteiger partial charge is 0.330 e. The minimum absolute atomic E-state index is 0.0394. The van der Waals surface area contributed by atoms with E-state index < -0.39 is 23.7 Å². The Balaban J connectivity index is 2.98. The Hall–Kier alpha value is -1.79. The first-order valence-corrected chi connectivity index (χ1v) is 7.02. The largest absolute Gasteiger partial charge is 0.463 e. The van der Waals surface area contributed by atoms with Gasteiger partial charge in [-0.2, -0.15) is 0 Å². The number of carbonyl (C=O) groups is 1. The molecule has 0 aliphatic heterocycles. The van der Waals surface area contributed by atoms with Gasteiger partial charge in [-0.25, -0.2) is 13.6 Å². The maximum Gasteiger partial charge on any atom is 0.330 e. The predicted octanol–water partition coefficient (Wildman–Crippen LogP) is 3.61. The summed E-state index contributed by atoms with van der Waals surface area (Å²) in [5, 5.41) is 0. The topological polar surface area (TPSA) is 44.8 Å². The first-order chi connectivity index (χ1) is 10.5. The highest BCUT2D eigenvalue weighted by atomic mass is 19.2. The van der Waals surface area contributed by atoms with E-state index in [4.69, 9.17) is 14.2 Å². The molecule has 0 aromatic heterocycles. The zero-order valence-electron chi connectivity index (χ0n) is 12.9. The summed E-state index contributed by atoms with van der Waals surface area (Å²) in [5.41, 5.74) is 0.759. The highest BCUT2D eigenvalue weighted by molar-refractivity contribution is 5.87. The van der Waals surface area contributed by atoms with Gasteiger partial charge in [0.1, 0.15) is 6.79 Å². The molecule has 1 aromatic carbocycles. The molecular formula is C16H20F2O4. The van der Waals surface area contributed by atoms with E-state index in [1.807, 2.05) is 6.92 Å². The number of carbonyl (C=O) groups excluding carboxylic acids is 1. The second-order valence-electron chi connectivity index (χ2n) is 4.40. The monoisotopic (exact) mass is 314 g/mol. The van der Waals surface area contributed by atoms with Crippen molar-refractivity contribution in [3.05, 3.63) is 41.0 Å². The Kier molecular flexibility index (Phi) is 7.70. The molecule has 0 amide bonds. The van der Waals surface area contributed by atoms with Crippen molar-refractivity contribution in [2.24, 2.45) is 0 Å². The van der Waals surface area contributed by atoms with Crippen molar-refractivity contribution in [1.82, 2.24) is 0 Å². The quantitative estimate of drug-likeness (QED) is 0.318. The van der Waals surface area contributed by atoms with Crippen LogP contribution < -0.4 is 0 Å². The molecule has 0 spiro atoms. The third-order valence-electron chi connectivity index (χ3n) is 2.85. The molecule has 0 radical (unpaired) electrons. The second kappa shape index (κ2) is 9.27. The van der Waals surface area contributed by atoms with E-state index in [-0.39, 0.29) is 13.4 Å². The normalized spacial score (nSPS) is 12.6. The van der Waals surface area contributed by atoms with E-state index in [9.17, 15) is 13.6 Å². The molecule has 122 valence electrons. The van der Waals surface area contributed by atoms with Crippen LogP contribution in [0.1, 0.15) is 38.0 Å². The van der Waals surface area contributed by atoms with Crippen LogP contribution in [0.5, 0.6) is 0 Å². The lowest BCUT2D eigenvalue weighted by Crippen LogP contribution is -2.07. The van der Waals surface area contributed by atoms with Crippen LogP contribution in [-0.4, -0.2) is 26.0 Å². The molecule has 1 aromatic rings. The molecule has 0 heterocycles. The Morgan fingerprint density at radius 1 is 1.23 bits per heavy atom. The number of esters is 1. The van der Waals surface area contributed by atoms with Crippen molar-refractivity contribution in [3.8, 4) is 0 Å². The minimum Gasteiger partial charge on any atom is -0.463 e. The molecule has 1 rings (SSSR count). The fourth-order valence-corrected chi connectivity index (χ4v) is 1.75. The first kappa shape index (κ1) is 18.3. The molecule has 0 N–H and O–H groups in total. The lowest BCUT2D eigenvalue weighted by atomic mass is 10.0. The summed E-state index contributed by atoms with van der Waals surface area (Å²) < 4.78 is 42.1. The van der Waals surface area contributed by atoms with Crippen molar-refractivity contribution in [2.45, 2.75) is 26.9 Å². The fourth-order valence-electron chi connectivity index (χ4n) is 1.75. The van der Waals surface area contributed by atoms with Crippen LogP contribution in [0.4, 0.5) is 8.78 Å². The highest BCUT2D eigenvalue weighted by Crippen LogP contribution is 2.25. The summed E-state index contributed by atoms with van der Waals surface area (Å²) in [7, 11) is 0. The zero-order valence-corrected chi connectivity index (χ0v) is 12.9. The summed E-state index contributed by atoms with van der Waals surface area (Å²) in [6.45, 7) is 5.95. The summed E-state index contributed by atoms with van der Waals surface area (Å²) >= 11 is 0. The SMILES string of the molecule is CCOCO[C@H](C)c1cc(F)c(F)cc1/C=C/C(=O)OCC. The van der Waals surface area contributed by atoms with Gasteiger partial charge in [-0.3, -0.25) is 0 Å². The molecular weight excluding hydrogens is 294 g/mol. The van der Waals surface area contributed by atoms with Crippen LogP contribution in [-0.2, 0) is 19.0 Å². The zero-order chi connectivity index (χ0) is 16.5. The standard InChI is InChI=1S/C16H20F2O4/c1-4-20-10-22-11(3)13-9-15(18)14(17)8-12(13)6-7-16(19)21-5-2/h6-9,11H,4-5,10H2,1-3H3/b7-6+/t11-/m1/s1. The lowest BCUT2D eigenvalue weighted by Gasteiger charge is -2.16. The van der Waals surface area contributed by atoms with Crippen LogP contribution in [0, 0.1) is 11.6 Å². The van der Waals surface area contributed by atoms with Gasteiger partial charge in [-0.1, -0.05) is 0 Å². The van der Waals surface area contributed by atoms with Crippen LogP contribution in [0.2, 0.25) is 0 Å². The first-order valence-electron chi connectivity index (χ1n) is 7.02. The molecule has 0 saturated carbocycles. The van der Waals surface area contributed by atoms with E-state index in [1.165, 1.54) is 6.08 Å². The molecule has 0 unspecified atom stereocenters. The Morgan fingerprint density at radius 2 is 1.91 bits per heavy atom. The van der Waals surface area contributed by atoms with E-state index in [2.05, 4.69) is 0 Å². The van der Waals surface area contributed by atoms with Crippen molar-refractivity contribution in [3.63, 3.8) is 0 Å². The van der Waals surface area contributed by atoms with E-state index in [0.717, 1.165) is 18.2 Å². The van der Waals surface area contributed by atoms with Gasteiger partial charge in [0, 0.05) is 12.7 Å². The Morgan fingerprint density at radius 3 is 2.55 bits per heavy atom.